The third kappa shape index (κ3) is 9.03. The van der Waals surface area contributed by atoms with E-state index in [0.29, 0.717) is 32.1 Å². The Morgan fingerprint density at radius 2 is 1.58 bits per heavy atom. The number of nitrogens with zero attached hydrogens (tertiary/aromatic N) is 5. The maximum absolute atomic E-state index is 13.8. The molecule has 5 rings (SSSR count). The Balaban J connectivity index is 1.50. The van der Waals surface area contributed by atoms with Gasteiger partial charge in [0.05, 0.1) is 29.7 Å². The zero-order valence-electron chi connectivity index (χ0n) is 26.9. The first-order valence-electron chi connectivity index (χ1n) is 14.9. The number of anilines is 2. The number of nitrogens with one attached hydrogen (secondary N) is 1. The van der Waals surface area contributed by atoms with Crippen molar-refractivity contribution in [2.45, 2.75) is 31.1 Å². The van der Waals surface area contributed by atoms with Gasteiger partial charge in [0, 0.05) is 25.5 Å². The van der Waals surface area contributed by atoms with E-state index in [2.05, 4.69) is 73.2 Å². The minimum Gasteiger partial charge on any atom is -0.493 e. The topological polar surface area (TPSA) is 147 Å². The van der Waals surface area contributed by atoms with Crippen molar-refractivity contribution in [3.05, 3.63) is 71.0 Å². The van der Waals surface area contributed by atoms with E-state index in [1.807, 2.05) is 4.90 Å². The zero-order chi connectivity index (χ0) is 34.1. The van der Waals surface area contributed by atoms with Gasteiger partial charge in [-0.2, -0.15) is 9.97 Å². The molecule has 1 saturated heterocycles. The van der Waals surface area contributed by atoms with Crippen LogP contribution in [0.1, 0.15) is 26.3 Å². The quantitative estimate of drug-likeness (QED) is 0.201. The summed E-state index contributed by atoms with van der Waals surface area (Å²) in [4.78, 5) is 19.3. The van der Waals surface area contributed by atoms with Crippen LogP contribution in [0.15, 0.2) is 70.3 Å². The van der Waals surface area contributed by atoms with E-state index in [-0.39, 0.29) is 58.7 Å². The molecule has 0 atom stereocenters. The highest BCUT2D eigenvalue weighted by Gasteiger charge is 2.27. The molecule has 0 saturated carbocycles. The van der Waals surface area contributed by atoms with Crippen molar-refractivity contribution >= 4 is 37.7 Å². The van der Waals surface area contributed by atoms with Crippen LogP contribution in [-0.2, 0) is 20.2 Å². The highest BCUT2D eigenvalue weighted by atomic mass is 79.9. The summed E-state index contributed by atoms with van der Waals surface area (Å²) in [6, 6.07) is 13.8. The largest absolute Gasteiger partial charge is 0.493 e. The molecule has 252 valence electrons. The van der Waals surface area contributed by atoms with E-state index >= 15 is 0 Å². The third-order valence-corrected chi connectivity index (χ3v) is 8.70. The van der Waals surface area contributed by atoms with Gasteiger partial charge in [-0.15, -0.1) is 0 Å². The van der Waals surface area contributed by atoms with Gasteiger partial charge in [0.2, 0.25) is 11.7 Å². The number of rotatable bonds is 11. The molecule has 1 aliphatic heterocycles. The van der Waals surface area contributed by atoms with Crippen LogP contribution in [0.3, 0.4) is 0 Å². The number of sulfonamides is 1. The minimum atomic E-state index is -4.14. The summed E-state index contributed by atoms with van der Waals surface area (Å²) in [6.45, 7) is 7.93. The smallest absolute Gasteiger partial charge is 0.317 e. The maximum Gasteiger partial charge on any atom is 0.317 e. The van der Waals surface area contributed by atoms with Gasteiger partial charge in [0.15, 0.2) is 30.5 Å². The predicted molar refractivity (Wildman–Crippen MR) is 183 cm³/mol. The Kier molecular flexibility index (Phi) is 11.2. The highest BCUT2D eigenvalue weighted by molar-refractivity contribution is 9.10. The minimum absolute atomic E-state index is 0.0113. The van der Waals surface area contributed by atoms with Gasteiger partial charge >= 0.3 is 6.01 Å². The molecule has 1 aliphatic rings. The van der Waals surface area contributed by atoms with Crippen LogP contribution < -0.4 is 28.6 Å². The summed E-state index contributed by atoms with van der Waals surface area (Å²) in [5.41, 5.74) is 0.837. The fraction of sp³-hybridized carbons (Fsp3) is 0.333. The van der Waals surface area contributed by atoms with Gasteiger partial charge < -0.3 is 28.6 Å². The molecule has 0 radical (unpaired) electrons. The van der Waals surface area contributed by atoms with Gasteiger partial charge in [0.25, 0.3) is 15.9 Å². The maximum atomic E-state index is 13.8. The van der Waals surface area contributed by atoms with Crippen molar-refractivity contribution in [1.82, 2.24) is 19.9 Å². The number of methoxy groups -OCH3 is 1. The zero-order valence-corrected chi connectivity index (χ0v) is 29.3. The van der Waals surface area contributed by atoms with Crippen LogP contribution in [0.2, 0.25) is 0 Å². The van der Waals surface area contributed by atoms with Gasteiger partial charge in [-0.1, -0.05) is 56.9 Å². The first-order valence-corrected chi connectivity index (χ1v) is 17.2. The SMILES string of the molecule is COc1ccccc1Oc1c(NS(=O)(=O)c2ccc(C(C)(C)C)cc2)nc(N2CCOCC2)nc1OCC#CCOc1ncc(Br)cn1. The lowest BCUT2D eigenvalue weighted by molar-refractivity contribution is 0.122. The van der Waals surface area contributed by atoms with Gasteiger partial charge in [-0.3, -0.25) is 4.72 Å². The Morgan fingerprint density at radius 3 is 2.23 bits per heavy atom. The van der Waals surface area contributed by atoms with E-state index in [1.165, 1.54) is 7.11 Å². The van der Waals surface area contributed by atoms with Crippen LogP contribution >= 0.6 is 15.9 Å². The molecule has 3 heterocycles. The normalized spacial score (nSPS) is 13.2. The summed E-state index contributed by atoms with van der Waals surface area (Å²) < 4.78 is 59.6. The summed E-state index contributed by atoms with van der Waals surface area (Å²) in [7, 11) is -2.64. The van der Waals surface area contributed by atoms with Gasteiger partial charge in [-0.25, -0.2) is 18.4 Å². The van der Waals surface area contributed by atoms with E-state index in [4.69, 9.17) is 23.7 Å². The summed E-state index contributed by atoms with van der Waals surface area (Å²) in [5, 5.41) is 0. The monoisotopic (exact) mass is 738 g/mol. The van der Waals surface area contributed by atoms with E-state index < -0.39 is 10.0 Å². The molecule has 0 unspecified atom stereocenters. The lowest BCUT2D eigenvalue weighted by atomic mass is 9.87. The van der Waals surface area contributed by atoms with Crippen molar-refractivity contribution in [3.63, 3.8) is 0 Å². The van der Waals surface area contributed by atoms with Crippen LogP contribution in [0.5, 0.6) is 29.1 Å². The molecule has 15 heteroatoms. The summed E-state index contributed by atoms with van der Waals surface area (Å²) in [6.07, 6.45) is 3.13. The number of hydrogen-bond acceptors (Lipinski definition) is 12. The fourth-order valence-corrected chi connectivity index (χ4v) is 5.61. The molecule has 0 amide bonds. The molecule has 1 fully saturated rings. The molecule has 0 bridgehead atoms. The van der Waals surface area contributed by atoms with E-state index in [1.54, 1.807) is 60.9 Å². The molecule has 13 nitrogen and oxygen atoms in total. The van der Waals surface area contributed by atoms with Crippen LogP contribution in [-0.4, -0.2) is 75.0 Å². The average molecular weight is 740 g/mol. The van der Waals surface area contributed by atoms with Crippen LogP contribution in [0, 0.1) is 11.8 Å². The average Bonchev–Trinajstić information content (AvgIpc) is 3.08. The second-order valence-corrected chi connectivity index (χ2v) is 14.0. The lowest BCUT2D eigenvalue weighted by Crippen LogP contribution is -2.37. The summed E-state index contributed by atoms with van der Waals surface area (Å²) in [5.74, 6) is 6.38. The highest BCUT2D eigenvalue weighted by Crippen LogP contribution is 2.41. The number of halogens is 1. The Hall–Kier alpha value is -4.65. The van der Waals surface area contributed by atoms with Crippen LogP contribution in [0.25, 0.3) is 0 Å². The van der Waals surface area contributed by atoms with Crippen molar-refractivity contribution < 1.29 is 32.1 Å². The van der Waals surface area contributed by atoms with Crippen molar-refractivity contribution in [2.75, 3.05) is 56.2 Å². The fourth-order valence-electron chi connectivity index (χ4n) is 4.40. The number of para-hydroxylation sites is 2. The second-order valence-electron chi connectivity index (χ2n) is 11.4. The Labute approximate surface area is 288 Å². The van der Waals surface area contributed by atoms with Crippen LogP contribution in [0.4, 0.5) is 11.8 Å². The standard InChI is InChI=1S/C33H35BrN6O7S/c1-33(2,3)23-11-13-25(14-12-23)48(41,42)39-29-28(47-27-10-6-5-9-26(27)43-4)30(38-31(37-29)40-15-19-44-20-16-40)45-17-7-8-18-46-32-35-21-24(34)22-36-32/h5-6,9-14,21-22H,15-20H2,1-4H3,(H,37,38,39). The molecule has 48 heavy (non-hydrogen) atoms. The molecule has 2 aromatic carbocycles. The number of ether oxygens (including phenoxy) is 5. The molecule has 2 aromatic heterocycles. The molecule has 0 aliphatic carbocycles. The third-order valence-electron chi connectivity index (χ3n) is 6.94. The first-order chi connectivity index (χ1) is 23.0. The van der Waals surface area contributed by atoms with Crippen molar-refractivity contribution in [3.8, 4) is 41.0 Å². The number of morpholine rings is 1. The number of hydrogen-bond donors (Lipinski definition) is 1. The first kappa shape index (κ1) is 34.7. The number of aromatic nitrogens is 4. The molecule has 0 spiro atoms. The molecule has 4 aromatic rings. The molecular weight excluding hydrogens is 704 g/mol. The second kappa shape index (κ2) is 15.5. The Morgan fingerprint density at radius 1 is 0.938 bits per heavy atom. The summed E-state index contributed by atoms with van der Waals surface area (Å²) >= 11 is 3.28. The van der Waals surface area contributed by atoms with Gasteiger partial charge in [-0.05, 0) is 51.2 Å². The number of benzene rings is 2. The van der Waals surface area contributed by atoms with E-state index in [0.717, 1.165) is 10.0 Å². The van der Waals surface area contributed by atoms with Crippen molar-refractivity contribution in [1.29, 1.82) is 0 Å². The lowest BCUT2D eigenvalue weighted by Gasteiger charge is -2.28. The molecule has 1 N–H and O–H groups in total. The molecular formula is C33H35BrN6O7S. The predicted octanol–water partition coefficient (Wildman–Crippen LogP) is 5.23. The van der Waals surface area contributed by atoms with Crippen molar-refractivity contribution in [2.24, 2.45) is 0 Å². The van der Waals surface area contributed by atoms with Gasteiger partial charge in [0.1, 0.15) is 0 Å². The Bertz CT molecular complexity index is 1870. The van der Waals surface area contributed by atoms with E-state index in [9.17, 15) is 8.42 Å².